The fraction of sp³-hybridized carbons (Fsp3) is 0.118. The van der Waals surface area contributed by atoms with Gasteiger partial charge in [-0.05, 0) is 24.4 Å². The number of benzene rings is 1. The molecule has 1 N–H and O–H groups in total. The second-order valence-corrected chi connectivity index (χ2v) is 5.62. The van der Waals surface area contributed by atoms with Gasteiger partial charge in [0.05, 0.1) is 0 Å². The van der Waals surface area contributed by atoms with Crippen molar-refractivity contribution in [1.29, 1.82) is 0 Å². The van der Waals surface area contributed by atoms with Crippen LogP contribution >= 0.6 is 12.2 Å². The Kier molecular flexibility index (Phi) is 3.83. The van der Waals surface area contributed by atoms with E-state index in [1.807, 2.05) is 42.1 Å². The van der Waals surface area contributed by atoms with Crippen molar-refractivity contribution < 1.29 is 9.59 Å². The van der Waals surface area contributed by atoms with Crippen molar-refractivity contribution in [3.05, 3.63) is 54.3 Å². The van der Waals surface area contributed by atoms with Crippen LogP contribution in [-0.4, -0.2) is 32.9 Å². The monoisotopic (exact) mass is 325 g/mol. The molecule has 0 saturated carbocycles. The predicted octanol–water partition coefficient (Wildman–Crippen LogP) is 1.99. The molecule has 2 aromatic rings. The highest BCUT2D eigenvalue weighted by atomic mass is 32.1. The van der Waals surface area contributed by atoms with Crippen LogP contribution in [0.15, 0.2) is 48.7 Å². The van der Waals surface area contributed by atoms with Crippen LogP contribution in [0.5, 0.6) is 0 Å². The topological polar surface area (TPSA) is 54.3 Å². The highest BCUT2D eigenvalue weighted by Crippen LogP contribution is 2.24. The van der Waals surface area contributed by atoms with Crippen LogP contribution in [0.25, 0.3) is 17.0 Å². The molecular formula is C17H15N3O2S. The predicted molar refractivity (Wildman–Crippen MR) is 93.5 cm³/mol. The maximum absolute atomic E-state index is 12.5. The van der Waals surface area contributed by atoms with E-state index in [1.165, 1.54) is 4.90 Å². The second kappa shape index (κ2) is 5.81. The van der Waals surface area contributed by atoms with Crippen molar-refractivity contribution in [3.63, 3.8) is 0 Å². The minimum Gasteiger partial charge on any atom is -0.350 e. The first-order chi connectivity index (χ1) is 11.0. The van der Waals surface area contributed by atoms with Gasteiger partial charge in [-0.15, -0.1) is 6.58 Å². The number of amides is 2. The molecule has 2 heterocycles. The molecule has 5 nitrogen and oxygen atoms in total. The van der Waals surface area contributed by atoms with Gasteiger partial charge in [0.25, 0.3) is 11.8 Å². The number of fused-ring (bicyclic) bond motifs is 1. The zero-order chi connectivity index (χ0) is 16.6. The van der Waals surface area contributed by atoms with Gasteiger partial charge in [-0.25, -0.2) is 0 Å². The SMILES string of the molecule is C=CCN1C(=O)/C(=C\c2cn(C)c3ccccc23)C(=O)NC1=S. The minimum atomic E-state index is -0.478. The summed E-state index contributed by atoms with van der Waals surface area (Å²) in [5, 5.41) is 3.63. The van der Waals surface area contributed by atoms with Crippen LogP contribution in [0.2, 0.25) is 0 Å². The third-order valence-corrected chi connectivity index (χ3v) is 4.05. The Morgan fingerprint density at radius 1 is 1.30 bits per heavy atom. The van der Waals surface area contributed by atoms with Crippen LogP contribution in [0.4, 0.5) is 0 Å². The molecule has 1 aliphatic rings. The zero-order valence-corrected chi connectivity index (χ0v) is 13.4. The number of hydrogen-bond acceptors (Lipinski definition) is 3. The molecule has 0 radical (unpaired) electrons. The molecule has 6 heteroatoms. The Labute approximate surface area is 138 Å². The van der Waals surface area contributed by atoms with E-state index >= 15 is 0 Å². The molecule has 23 heavy (non-hydrogen) atoms. The molecule has 0 unspecified atom stereocenters. The average molecular weight is 325 g/mol. The van der Waals surface area contributed by atoms with Crippen molar-refractivity contribution in [2.75, 3.05) is 6.54 Å². The number of carbonyl (C=O) groups is 2. The van der Waals surface area contributed by atoms with Gasteiger partial charge in [0, 0.05) is 36.3 Å². The standard InChI is InChI=1S/C17H15N3O2S/c1-3-8-20-16(22)13(15(21)18-17(20)23)9-11-10-19(2)14-7-5-4-6-12(11)14/h3-7,9-10H,1,8H2,2H3,(H,18,21,23)/b13-9-. The maximum Gasteiger partial charge on any atom is 0.265 e. The molecule has 1 aliphatic heterocycles. The van der Waals surface area contributed by atoms with E-state index in [0.29, 0.717) is 0 Å². The Morgan fingerprint density at radius 3 is 2.78 bits per heavy atom. The van der Waals surface area contributed by atoms with E-state index in [1.54, 1.807) is 12.2 Å². The molecule has 0 spiro atoms. The van der Waals surface area contributed by atoms with Crippen molar-refractivity contribution in [1.82, 2.24) is 14.8 Å². The Hall–Kier alpha value is -2.73. The maximum atomic E-state index is 12.5. The van der Waals surface area contributed by atoms with Gasteiger partial charge in [-0.2, -0.15) is 0 Å². The molecule has 0 aliphatic carbocycles. The van der Waals surface area contributed by atoms with Gasteiger partial charge in [-0.3, -0.25) is 19.8 Å². The number of nitrogens with zero attached hydrogens (tertiary/aromatic N) is 2. The molecule has 1 fully saturated rings. The van der Waals surface area contributed by atoms with Gasteiger partial charge < -0.3 is 4.57 Å². The summed E-state index contributed by atoms with van der Waals surface area (Å²) in [6, 6.07) is 7.81. The molecule has 1 saturated heterocycles. The highest BCUT2D eigenvalue weighted by molar-refractivity contribution is 7.80. The number of rotatable bonds is 3. The van der Waals surface area contributed by atoms with Crippen molar-refractivity contribution in [2.24, 2.45) is 7.05 Å². The number of thiocarbonyl (C=S) groups is 1. The lowest BCUT2D eigenvalue weighted by Gasteiger charge is -2.27. The molecule has 2 amide bonds. The summed E-state index contributed by atoms with van der Waals surface area (Å²) in [4.78, 5) is 26.0. The zero-order valence-electron chi connectivity index (χ0n) is 12.6. The summed E-state index contributed by atoms with van der Waals surface area (Å²) in [5.41, 5.74) is 1.91. The minimum absolute atomic E-state index is 0.0665. The number of carbonyl (C=O) groups excluding carboxylic acids is 2. The van der Waals surface area contributed by atoms with Gasteiger partial charge in [-0.1, -0.05) is 24.3 Å². The summed E-state index contributed by atoms with van der Waals surface area (Å²) in [6.45, 7) is 3.86. The van der Waals surface area contributed by atoms with Gasteiger partial charge in [0.1, 0.15) is 5.57 Å². The summed E-state index contributed by atoms with van der Waals surface area (Å²) in [6.07, 6.45) is 5.07. The van der Waals surface area contributed by atoms with E-state index in [9.17, 15) is 9.59 Å². The lowest BCUT2D eigenvalue weighted by Crippen LogP contribution is -2.53. The Bertz CT molecular complexity index is 879. The number of hydrogen-bond donors (Lipinski definition) is 1. The van der Waals surface area contributed by atoms with E-state index in [4.69, 9.17) is 12.2 Å². The summed E-state index contributed by atoms with van der Waals surface area (Å²) in [5.74, 6) is -0.889. The summed E-state index contributed by atoms with van der Waals surface area (Å²) < 4.78 is 1.96. The van der Waals surface area contributed by atoms with Gasteiger partial charge in [0.15, 0.2) is 5.11 Å². The van der Waals surface area contributed by atoms with Crippen molar-refractivity contribution >= 4 is 46.1 Å². The molecule has 0 bridgehead atoms. The Balaban J connectivity index is 2.09. The van der Waals surface area contributed by atoms with Crippen molar-refractivity contribution in [3.8, 4) is 0 Å². The van der Waals surface area contributed by atoms with Crippen LogP contribution in [0.3, 0.4) is 0 Å². The number of aryl methyl sites for hydroxylation is 1. The lowest BCUT2D eigenvalue weighted by molar-refractivity contribution is -0.128. The van der Waals surface area contributed by atoms with Gasteiger partial charge in [0.2, 0.25) is 0 Å². The first-order valence-corrected chi connectivity index (χ1v) is 7.47. The highest BCUT2D eigenvalue weighted by Gasteiger charge is 2.32. The van der Waals surface area contributed by atoms with E-state index in [-0.39, 0.29) is 17.2 Å². The second-order valence-electron chi connectivity index (χ2n) is 5.23. The largest absolute Gasteiger partial charge is 0.350 e. The van der Waals surface area contributed by atoms with E-state index < -0.39 is 11.8 Å². The third kappa shape index (κ3) is 2.57. The molecule has 0 atom stereocenters. The smallest absolute Gasteiger partial charge is 0.265 e. The number of para-hydroxylation sites is 1. The average Bonchev–Trinajstić information content (AvgIpc) is 2.85. The molecular weight excluding hydrogens is 310 g/mol. The van der Waals surface area contributed by atoms with Crippen LogP contribution in [0.1, 0.15) is 5.56 Å². The van der Waals surface area contributed by atoms with Crippen molar-refractivity contribution in [2.45, 2.75) is 0 Å². The fourth-order valence-corrected chi connectivity index (χ4v) is 2.88. The Morgan fingerprint density at radius 2 is 2.04 bits per heavy atom. The first kappa shape index (κ1) is 15.2. The number of aromatic nitrogens is 1. The molecule has 116 valence electrons. The first-order valence-electron chi connectivity index (χ1n) is 7.06. The quantitative estimate of drug-likeness (QED) is 0.406. The van der Waals surface area contributed by atoms with Crippen LogP contribution in [-0.2, 0) is 16.6 Å². The normalized spacial score (nSPS) is 17.0. The fourth-order valence-electron chi connectivity index (χ4n) is 2.63. The molecule has 1 aromatic heterocycles. The molecule has 3 rings (SSSR count). The number of nitrogens with one attached hydrogen (secondary N) is 1. The lowest BCUT2D eigenvalue weighted by atomic mass is 10.1. The van der Waals surface area contributed by atoms with E-state index in [2.05, 4.69) is 11.9 Å². The molecule has 1 aromatic carbocycles. The van der Waals surface area contributed by atoms with Crippen LogP contribution < -0.4 is 5.32 Å². The van der Waals surface area contributed by atoms with Gasteiger partial charge >= 0.3 is 0 Å². The summed E-state index contributed by atoms with van der Waals surface area (Å²) in [7, 11) is 1.92. The van der Waals surface area contributed by atoms with E-state index in [0.717, 1.165) is 16.5 Å². The third-order valence-electron chi connectivity index (χ3n) is 3.73. The summed E-state index contributed by atoms with van der Waals surface area (Å²) >= 11 is 5.04. The van der Waals surface area contributed by atoms with Crippen LogP contribution in [0, 0.1) is 0 Å².